The van der Waals surface area contributed by atoms with Gasteiger partial charge in [-0.15, -0.1) is 0 Å². The minimum Gasteiger partial charge on any atom is -0.367 e. The van der Waals surface area contributed by atoms with Crippen LogP contribution in [0.1, 0.15) is 34.8 Å². The third-order valence-electron chi connectivity index (χ3n) is 4.53. The van der Waals surface area contributed by atoms with Gasteiger partial charge in [0.2, 0.25) is 0 Å². The summed E-state index contributed by atoms with van der Waals surface area (Å²) in [6.07, 6.45) is -2.94. The van der Waals surface area contributed by atoms with E-state index in [0.29, 0.717) is 23.2 Å². The molecule has 0 fully saturated rings. The Morgan fingerprint density at radius 1 is 1.19 bits per heavy atom. The molecule has 0 aliphatic carbocycles. The van der Waals surface area contributed by atoms with Crippen LogP contribution in [0.5, 0.6) is 0 Å². The molecule has 2 aromatic rings. The smallest absolute Gasteiger partial charge is 0.367 e. The number of carbonyl (C=O) groups excluding carboxylic acids is 1. The lowest BCUT2D eigenvalue weighted by Crippen LogP contribution is -2.42. The van der Waals surface area contributed by atoms with E-state index in [9.17, 15) is 22.4 Å². The van der Waals surface area contributed by atoms with Crippen molar-refractivity contribution in [3.63, 3.8) is 0 Å². The van der Waals surface area contributed by atoms with Crippen molar-refractivity contribution in [2.24, 2.45) is 0 Å². The Morgan fingerprint density at radius 3 is 2.56 bits per heavy atom. The standard InChI is InChI=1S/C20H19F4NO2/c1-13-2-5-16-10-17(21)8-9-18(16)25(13)19(26)15-6-3-14(4-7-15)11-27-12-20(22,23)24/h3-4,6-10,13H,2,5,11-12H2,1H3/t13-/m1/s1. The zero-order chi connectivity index (χ0) is 19.6. The van der Waals surface area contributed by atoms with Crippen LogP contribution in [0, 0.1) is 5.82 Å². The lowest BCUT2D eigenvalue weighted by molar-refractivity contribution is -0.176. The minimum absolute atomic E-state index is 0.0368. The summed E-state index contributed by atoms with van der Waals surface area (Å²) in [7, 11) is 0. The van der Waals surface area contributed by atoms with Crippen LogP contribution in [0.25, 0.3) is 0 Å². The van der Waals surface area contributed by atoms with Gasteiger partial charge in [0.15, 0.2) is 0 Å². The number of nitrogens with zero attached hydrogens (tertiary/aromatic N) is 1. The van der Waals surface area contributed by atoms with E-state index in [2.05, 4.69) is 4.74 Å². The topological polar surface area (TPSA) is 29.5 Å². The van der Waals surface area contributed by atoms with Gasteiger partial charge in [-0.3, -0.25) is 4.79 Å². The van der Waals surface area contributed by atoms with Gasteiger partial charge in [-0.05, 0) is 61.2 Å². The summed E-state index contributed by atoms with van der Waals surface area (Å²) < 4.78 is 54.5. The molecule has 27 heavy (non-hydrogen) atoms. The fourth-order valence-electron chi connectivity index (χ4n) is 3.20. The Bertz CT molecular complexity index is 818. The molecule has 0 spiro atoms. The van der Waals surface area contributed by atoms with Crippen molar-refractivity contribution in [1.82, 2.24) is 0 Å². The van der Waals surface area contributed by atoms with E-state index >= 15 is 0 Å². The fraction of sp³-hybridized carbons (Fsp3) is 0.350. The summed E-state index contributed by atoms with van der Waals surface area (Å²) in [5.41, 5.74) is 2.44. The van der Waals surface area contributed by atoms with E-state index in [0.717, 1.165) is 12.0 Å². The Kier molecular flexibility index (Phi) is 5.51. The lowest BCUT2D eigenvalue weighted by Gasteiger charge is -2.35. The first-order valence-electron chi connectivity index (χ1n) is 8.60. The molecule has 3 rings (SSSR count). The zero-order valence-corrected chi connectivity index (χ0v) is 14.7. The van der Waals surface area contributed by atoms with Crippen LogP contribution in [0.3, 0.4) is 0 Å². The van der Waals surface area contributed by atoms with Crippen molar-refractivity contribution in [3.05, 3.63) is 65.0 Å². The second-order valence-electron chi connectivity index (χ2n) is 6.64. The molecule has 0 unspecified atom stereocenters. The van der Waals surface area contributed by atoms with Crippen molar-refractivity contribution in [1.29, 1.82) is 0 Å². The van der Waals surface area contributed by atoms with Gasteiger partial charge in [-0.25, -0.2) is 4.39 Å². The molecular formula is C20H19F4NO2. The molecule has 0 saturated heterocycles. The summed E-state index contributed by atoms with van der Waals surface area (Å²) in [6.45, 7) is 0.437. The van der Waals surface area contributed by atoms with E-state index in [1.165, 1.54) is 12.1 Å². The average Bonchev–Trinajstić information content (AvgIpc) is 2.61. The highest BCUT2D eigenvalue weighted by Gasteiger charge is 2.29. The predicted octanol–water partition coefficient (Wildman–Crippen LogP) is 4.89. The maximum absolute atomic E-state index is 13.5. The van der Waals surface area contributed by atoms with Gasteiger partial charge >= 0.3 is 6.18 Å². The van der Waals surface area contributed by atoms with Crippen molar-refractivity contribution in [2.45, 2.75) is 38.6 Å². The summed E-state index contributed by atoms with van der Waals surface area (Å²) >= 11 is 0. The number of alkyl halides is 3. The molecule has 2 aromatic carbocycles. The molecule has 0 saturated carbocycles. The number of aryl methyl sites for hydroxylation is 1. The second kappa shape index (κ2) is 7.68. The number of amides is 1. The third kappa shape index (κ3) is 4.66. The lowest BCUT2D eigenvalue weighted by atomic mass is 9.95. The summed E-state index contributed by atoms with van der Waals surface area (Å²) in [4.78, 5) is 14.6. The molecule has 1 aliphatic heterocycles. The number of ether oxygens (including phenoxy) is 1. The number of halogens is 4. The van der Waals surface area contributed by atoms with Crippen LogP contribution in [-0.2, 0) is 17.8 Å². The normalized spacial score (nSPS) is 16.9. The van der Waals surface area contributed by atoms with E-state index < -0.39 is 12.8 Å². The van der Waals surface area contributed by atoms with Gasteiger partial charge in [-0.1, -0.05) is 12.1 Å². The maximum Gasteiger partial charge on any atom is 0.411 e. The Morgan fingerprint density at radius 2 is 1.89 bits per heavy atom. The van der Waals surface area contributed by atoms with Gasteiger partial charge in [0, 0.05) is 17.3 Å². The van der Waals surface area contributed by atoms with Crippen LogP contribution in [-0.4, -0.2) is 24.7 Å². The number of hydrogen-bond donors (Lipinski definition) is 0. The minimum atomic E-state index is -4.37. The molecule has 0 bridgehead atoms. The Labute approximate surface area is 154 Å². The van der Waals surface area contributed by atoms with Crippen LogP contribution < -0.4 is 4.90 Å². The largest absolute Gasteiger partial charge is 0.411 e. The number of carbonyl (C=O) groups is 1. The Balaban J connectivity index is 1.74. The van der Waals surface area contributed by atoms with Gasteiger partial charge in [-0.2, -0.15) is 13.2 Å². The van der Waals surface area contributed by atoms with Crippen LogP contribution in [0.15, 0.2) is 42.5 Å². The third-order valence-corrected chi connectivity index (χ3v) is 4.53. The number of fused-ring (bicyclic) bond motifs is 1. The number of rotatable bonds is 4. The monoisotopic (exact) mass is 381 g/mol. The first-order valence-corrected chi connectivity index (χ1v) is 8.60. The predicted molar refractivity (Wildman–Crippen MR) is 93.1 cm³/mol. The molecule has 0 radical (unpaired) electrons. The maximum atomic E-state index is 13.5. The number of benzene rings is 2. The zero-order valence-electron chi connectivity index (χ0n) is 14.7. The highest BCUT2D eigenvalue weighted by atomic mass is 19.4. The fourth-order valence-corrected chi connectivity index (χ4v) is 3.20. The SMILES string of the molecule is C[C@@H]1CCc2cc(F)ccc2N1C(=O)c1ccc(COCC(F)(F)F)cc1. The van der Waals surface area contributed by atoms with E-state index in [1.807, 2.05) is 6.92 Å². The number of hydrogen-bond acceptors (Lipinski definition) is 2. The van der Waals surface area contributed by atoms with Gasteiger partial charge < -0.3 is 9.64 Å². The summed E-state index contributed by atoms with van der Waals surface area (Å²) in [6, 6.07) is 10.6. The van der Waals surface area contributed by atoms with Crippen LogP contribution >= 0.6 is 0 Å². The Hall–Kier alpha value is -2.41. The molecular weight excluding hydrogens is 362 g/mol. The molecule has 1 atom stereocenters. The second-order valence-corrected chi connectivity index (χ2v) is 6.64. The molecule has 3 nitrogen and oxygen atoms in total. The van der Waals surface area contributed by atoms with Crippen molar-refractivity contribution < 1.29 is 27.1 Å². The van der Waals surface area contributed by atoms with Crippen molar-refractivity contribution in [3.8, 4) is 0 Å². The molecule has 1 aliphatic rings. The van der Waals surface area contributed by atoms with E-state index in [4.69, 9.17) is 0 Å². The number of anilines is 1. The summed E-state index contributed by atoms with van der Waals surface area (Å²) in [5.74, 6) is -0.559. The van der Waals surface area contributed by atoms with E-state index in [1.54, 1.807) is 35.2 Å². The van der Waals surface area contributed by atoms with E-state index in [-0.39, 0.29) is 24.4 Å². The quantitative estimate of drug-likeness (QED) is 0.706. The molecule has 7 heteroatoms. The molecule has 144 valence electrons. The molecule has 0 N–H and O–H groups in total. The highest BCUT2D eigenvalue weighted by Crippen LogP contribution is 2.32. The van der Waals surface area contributed by atoms with Crippen LogP contribution in [0.2, 0.25) is 0 Å². The van der Waals surface area contributed by atoms with Gasteiger partial charge in [0.25, 0.3) is 5.91 Å². The first kappa shape index (κ1) is 19.4. The summed E-state index contributed by atoms with van der Waals surface area (Å²) in [5, 5.41) is 0. The highest BCUT2D eigenvalue weighted by molar-refractivity contribution is 6.07. The van der Waals surface area contributed by atoms with Crippen molar-refractivity contribution in [2.75, 3.05) is 11.5 Å². The first-order chi connectivity index (χ1) is 12.7. The average molecular weight is 381 g/mol. The van der Waals surface area contributed by atoms with Gasteiger partial charge in [0.05, 0.1) is 6.61 Å². The van der Waals surface area contributed by atoms with Crippen molar-refractivity contribution >= 4 is 11.6 Å². The molecule has 0 aromatic heterocycles. The van der Waals surface area contributed by atoms with Gasteiger partial charge in [0.1, 0.15) is 12.4 Å². The van der Waals surface area contributed by atoms with Crippen LogP contribution in [0.4, 0.5) is 23.2 Å². The molecule has 1 amide bonds. The molecule has 1 heterocycles.